The van der Waals surface area contributed by atoms with Gasteiger partial charge in [0.2, 0.25) is 5.91 Å². The molecule has 33 heavy (non-hydrogen) atoms. The molecule has 0 aromatic heterocycles. The van der Waals surface area contributed by atoms with E-state index in [0.717, 1.165) is 5.56 Å². The molecule has 0 aliphatic heterocycles. The number of carboxylic acids is 1. The highest BCUT2D eigenvalue weighted by molar-refractivity contribution is 6.18. The summed E-state index contributed by atoms with van der Waals surface area (Å²) in [5, 5.41) is 12.2. The summed E-state index contributed by atoms with van der Waals surface area (Å²) in [6, 6.07) is 13.7. The van der Waals surface area contributed by atoms with Gasteiger partial charge < -0.3 is 20.9 Å². The number of aliphatic carboxylic acids is 1. The van der Waals surface area contributed by atoms with Gasteiger partial charge in [-0.1, -0.05) is 48.0 Å². The Morgan fingerprint density at radius 1 is 1.09 bits per heavy atom. The summed E-state index contributed by atoms with van der Waals surface area (Å²) in [5.41, 5.74) is 5.64. The second-order valence-electron chi connectivity index (χ2n) is 7.40. The Labute approximate surface area is 202 Å². The summed E-state index contributed by atoms with van der Waals surface area (Å²) in [7, 11) is 0. The van der Waals surface area contributed by atoms with Crippen molar-refractivity contribution in [2.75, 3.05) is 24.8 Å². The van der Waals surface area contributed by atoms with Gasteiger partial charge in [0.15, 0.2) is 0 Å². The Kier molecular flexibility index (Phi) is 9.96. The minimum Gasteiger partial charge on any atom is -0.480 e. The number of nitrogens with zero attached hydrogens (tertiary/aromatic N) is 1. The number of nitrogens with one attached hydrogen (secondary N) is 1. The number of carbonyl (C=O) groups excluding carboxylic acids is 2. The SMILES string of the molecule is Cc1cccc(C(C[C@H](NC(=O)Oc2ccccc2)C(=O)O)(C(N)=O)N(CCCl)CCCl)c1. The second-order valence-corrected chi connectivity index (χ2v) is 8.16. The minimum absolute atomic E-state index is 0.152. The molecule has 0 radical (unpaired) electrons. The highest BCUT2D eigenvalue weighted by atomic mass is 35.5. The fraction of sp³-hybridized carbons (Fsp3) is 0.348. The number of ether oxygens (including phenoxy) is 1. The Balaban J connectivity index is 2.47. The number of benzene rings is 2. The summed E-state index contributed by atoms with van der Waals surface area (Å²) in [5.74, 6) is -1.59. The predicted octanol–water partition coefficient (Wildman–Crippen LogP) is 3.09. The largest absolute Gasteiger partial charge is 0.480 e. The van der Waals surface area contributed by atoms with Crippen molar-refractivity contribution in [2.24, 2.45) is 5.73 Å². The fourth-order valence-electron chi connectivity index (χ4n) is 3.69. The lowest BCUT2D eigenvalue weighted by Crippen LogP contribution is -2.60. The molecule has 2 aromatic carbocycles. The fourth-order valence-corrected chi connectivity index (χ4v) is 4.10. The third kappa shape index (κ3) is 6.83. The average molecular weight is 496 g/mol. The zero-order valence-electron chi connectivity index (χ0n) is 18.2. The molecule has 0 saturated heterocycles. The molecule has 0 spiro atoms. The standard InChI is InChI=1S/C23H27Cl2N3O5/c1-16-6-5-7-17(14-16)23(21(26)31,28(12-10-24)13-11-25)15-19(20(29)30)27-22(32)33-18-8-3-2-4-9-18/h2-9,14,19H,10-13,15H2,1H3,(H2,26,31)(H,27,32)(H,29,30)/t19-,23?/m0/s1. The topological polar surface area (TPSA) is 122 Å². The molecule has 0 aliphatic rings. The maximum Gasteiger partial charge on any atom is 0.413 e. The molecule has 1 unspecified atom stereocenters. The summed E-state index contributed by atoms with van der Waals surface area (Å²) >= 11 is 12.0. The number of nitrogens with two attached hydrogens (primary N) is 1. The summed E-state index contributed by atoms with van der Waals surface area (Å²) in [6.45, 7) is 2.27. The number of aryl methyl sites for hydroxylation is 1. The monoisotopic (exact) mass is 495 g/mol. The molecule has 0 aliphatic carbocycles. The van der Waals surface area contributed by atoms with Gasteiger partial charge in [0.1, 0.15) is 17.3 Å². The van der Waals surface area contributed by atoms with Gasteiger partial charge in [-0.15, -0.1) is 23.2 Å². The first kappa shape index (κ1) is 26.4. The molecule has 0 saturated carbocycles. The van der Waals surface area contributed by atoms with E-state index < -0.39 is 29.6 Å². The van der Waals surface area contributed by atoms with Crippen LogP contribution in [0.2, 0.25) is 0 Å². The molecule has 2 amide bonds. The van der Waals surface area contributed by atoms with Crippen LogP contribution in [0, 0.1) is 6.92 Å². The lowest BCUT2D eigenvalue weighted by atomic mass is 9.80. The van der Waals surface area contributed by atoms with E-state index in [1.165, 1.54) is 0 Å². The highest BCUT2D eigenvalue weighted by Gasteiger charge is 2.47. The minimum atomic E-state index is -1.60. The maximum absolute atomic E-state index is 13.0. The number of rotatable bonds is 12. The summed E-state index contributed by atoms with van der Waals surface area (Å²) < 4.78 is 5.16. The van der Waals surface area contributed by atoms with Crippen LogP contribution in [0.3, 0.4) is 0 Å². The molecule has 2 rings (SSSR count). The maximum atomic E-state index is 13.0. The van der Waals surface area contributed by atoms with E-state index in [1.54, 1.807) is 53.4 Å². The van der Waals surface area contributed by atoms with Gasteiger partial charge in [0, 0.05) is 31.3 Å². The Morgan fingerprint density at radius 3 is 2.24 bits per heavy atom. The van der Waals surface area contributed by atoms with Crippen LogP contribution in [0.15, 0.2) is 54.6 Å². The Morgan fingerprint density at radius 2 is 1.73 bits per heavy atom. The molecule has 0 fully saturated rings. The van der Waals surface area contributed by atoms with Crippen LogP contribution in [-0.2, 0) is 15.1 Å². The Bertz CT molecular complexity index is 954. The number of amides is 2. The zero-order chi connectivity index (χ0) is 24.4. The molecule has 8 nitrogen and oxygen atoms in total. The van der Waals surface area contributed by atoms with E-state index in [-0.39, 0.29) is 37.0 Å². The van der Waals surface area contributed by atoms with Crippen LogP contribution >= 0.6 is 23.2 Å². The van der Waals surface area contributed by atoms with Crippen molar-refractivity contribution < 1.29 is 24.2 Å². The van der Waals surface area contributed by atoms with E-state index in [0.29, 0.717) is 5.56 Å². The van der Waals surface area contributed by atoms with Gasteiger partial charge in [-0.25, -0.2) is 9.59 Å². The third-order valence-electron chi connectivity index (χ3n) is 5.20. The van der Waals surface area contributed by atoms with Crippen molar-refractivity contribution in [1.82, 2.24) is 10.2 Å². The van der Waals surface area contributed by atoms with Crippen LogP contribution < -0.4 is 15.8 Å². The van der Waals surface area contributed by atoms with E-state index in [1.807, 2.05) is 13.0 Å². The van der Waals surface area contributed by atoms with Crippen molar-refractivity contribution in [3.63, 3.8) is 0 Å². The van der Waals surface area contributed by atoms with Crippen LogP contribution in [0.1, 0.15) is 17.5 Å². The molecule has 4 N–H and O–H groups in total. The van der Waals surface area contributed by atoms with Crippen molar-refractivity contribution in [2.45, 2.75) is 24.9 Å². The van der Waals surface area contributed by atoms with E-state index in [4.69, 9.17) is 33.7 Å². The van der Waals surface area contributed by atoms with Crippen molar-refractivity contribution in [3.8, 4) is 5.75 Å². The van der Waals surface area contributed by atoms with Crippen LogP contribution in [0.25, 0.3) is 0 Å². The molecule has 2 aromatic rings. The van der Waals surface area contributed by atoms with Crippen LogP contribution in [-0.4, -0.2) is 58.9 Å². The quantitative estimate of drug-likeness (QED) is 0.389. The Hall–Kier alpha value is -2.81. The first-order valence-corrected chi connectivity index (χ1v) is 11.3. The van der Waals surface area contributed by atoms with E-state index >= 15 is 0 Å². The molecule has 0 heterocycles. The molecular formula is C23H27Cl2N3O5. The van der Waals surface area contributed by atoms with Crippen molar-refractivity contribution in [3.05, 3.63) is 65.7 Å². The third-order valence-corrected chi connectivity index (χ3v) is 5.53. The summed E-state index contributed by atoms with van der Waals surface area (Å²) in [6.07, 6.45) is -1.34. The number of primary amides is 1. The lowest BCUT2D eigenvalue weighted by Gasteiger charge is -2.43. The van der Waals surface area contributed by atoms with Gasteiger partial charge in [-0.05, 0) is 24.6 Å². The normalized spacial score (nSPS) is 13.7. The smallest absolute Gasteiger partial charge is 0.413 e. The van der Waals surface area contributed by atoms with Gasteiger partial charge in [0.25, 0.3) is 0 Å². The second kappa shape index (κ2) is 12.4. The predicted molar refractivity (Wildman–Crippen MR) is 127 cm³/mol. The number of halogens is 2. The molecule has 178 valence electrons. The van der Waals surface area contributed by atoms with Crippen LogP contribution in [0.5, 0.6) is 5.75 Å². The number of carbonyl (C=O) groups is 3. The number of hydrogen-bond donors (Lipinski definition) is 3. The van der Waals surface area contributed by atoms with Crippen molar-refractivity contribution >= 4 is 41.2 Å². The van der Waals surface area contributed by atoms with Gasteiger partial charge in [-0.3, -0.25) is 9.69 Å². The number of para-hydroxylation sites is 1. The first-order valence-electron chi connectivity index (χ1n) is 10.2. The molecule has 2 atom stereocenters. The number of carboxylic acid groups (broad SMARTS) is 1. The molecule has 0 bridgehead atoms. The highest BCUT2D eigenvalue weighted by Crippen LogP contribution is 2.34. The average Bonchev–Trinajstić information content (AvgIpc) is 2.77. The van der Waals surface area contributed by atoms with Gasteiger partial charge in [0.05, 0.1) is 0 Å². The first-order chi connectivity index (χ1) is 15.7. The van der Waals surface area contributed by atoms with Gasteiger partial charge in [-0.2, -0.15) is 0 Å². The summed E-state index contributed by atoms with van der Waals surface area (Å²) in [4.78, 5) is 39.2. The number of hydrogen-bond acceptors (Lipinski definition) is 5. The van der Waals surface area contributed by atoms with Crippen LogP contribution in [0.4, 0.5) is 4.79 Å². The van der Waals surface area contributed by atoms with Gasteiger partial charge >= 0.3 is 12.1 Å². The van der Waals surface area contributed by atoms with E-state index in [2.05, 4.69) is 5.32 Å². The molecular weight excluding hydrogens is 469 g/mol. The lowest BCUT2D eigenvalue weighted by molar-refractivity contribution is -0.142. The van der Waals surface area contributed by atoms with E-state index in [9.17, 15) is 19.5 Å². The number of alkyl halides is 2. The van der Waals surface area contributed by atoms with Crippen molar-refractivity contribution in [1.29, 1.82) is 0 Å². The molecule has 10 heteroatoms. The zero-order valence-corrected chi connectivity index (χ0v) is 19.7.